The lowest BCUT2D eigenvalue weighted by molar-refractivity contribution is -0.141. The number of nitrogens with zero attached hydrogens (tertiary/aromatic N) is 1. The fraction of sp³-hybridized carbons (Fsp3) is 0.333. The summed E-state index contributed by atoms with van der Waals surface area (Å²) in [4.78, 5) is 27.0. The number of amides is 1. The number of hydrogen-bond donors (Lipinski definition) is 0. The van der Waals surface area contributed by atoms with Crippen LogP contribution in [0, 0.1) is 0 Å². The number of carbonyl (C=O) groups excluding carboxylic acids is 2. The highest BCUT2D eigenvalue weighted by molar-refractivity contribution is 8.00. The van der Waals surface area contributed by atoms with E-state index < -0.39 is 0 Å². The summed E-state index contributed by atoms with van der Waals surface area (Å²) in [6.07, 6.45) is 0.170. The van der Waals surface area contributed by atoms with Gasteiger partial charge in [-0.2, -0.15) is 0 Å². The molecular formula is C21H23NO5S. The van der Waals surface area contributed by atoms with Crippen molar-refractivity contribution in [3.63, 3.8) is 0 Å². The molecule has 0 N–H and O–H groups in total. The van der Waals surface area contributed by atoms with E-state index in [1.807, 2.05) is 48.5 Å². The summed E-state index contributed by atoms with van der Waals surface area (Å²) in [7, 11) is 1.35. The maximum Gasteiger partial charge on any atom is 0.307 e. The molecule has 0 aromatic heterocycles. The van der Waals surface area contributed by atoms with E-state index in [-0.39, 0.29) is 24.1 Å². The van der Waals surface area contributed by atoms with Gasteiger partial charge in [0.05, 0.1) is 19.3 Å². The van der Waals surface area contributed by atoms with Crippen LogP contribution in [0.5, 0.6) is 11.5 Å². The van der Waals surface area contributed by atoms with Gasteiger partial charge in [-0.1, -0.05) is 30.3 Å². The van der Waals surface area contributed by atoms with Crippen molar-refractivity contribution >= 4 is 23.6 Å². The molecule has 6 nitrogen and oxygen atoms in total. The highest BCUT2D eigenvalue weighted by atomic mass is 32.2. The lowest BCUT2D eigenvalue weighted by Gasteiger charge is -2.23. The Hall–Kier alpha value is -2.67. The topological polar surface area (TPSA) is 65.1 Å². The number of fused-ring (bicyclic) bond motifs is 1. The van der Waals surface area contributed by atoms with Crippen molar-refractivity contribution in [3.8, 4) is 11.5 Å². The monoisotopic (exact) mass is 401 g/mol. The normalized spacial score (nSPS) is 12.3. The lowest BCUT2D eigenvalue weighted by Crippen LogP contribution is -2.34. The van der Waals surface area contributed by atoms with Gasteiger partial charge in [0, 0.05) is 18.0 Å². The van der Waals surface area contributed by atoms with Crippen LogP contribution in [-0.4, -0.2) is 49.4 Å². The summed E-state index contributed by atoms with van der Waals surface area (Å²) in [5.74, 6) is 1.34. The van der Waals surface area contributed by atoms with E-state index in [9.17, 15) is 9.59 Å². The molecule has 0 radical (unpaired) electrons. The maximum absolute atomic E-state index is 12.8. The highest BCUT2D eigenvalue weighted by Gasteiger charge is 2.17. The van der Waals surface area contributed by atoms with Crippen molar-refractivity contribution < 1.29 is 23.8 Å². The van der Waals surface area contributed by atoms with Gasteiger partial charge in [-0.3, -0.25) is 9.59 Å². The van der Waals surface area contributed by atoms with Crippen LogP contribution in [0.25, 0.3) is 0 Å². The molecule has 0 bridgehead atoms. The second-order valence-corrected chi connectivity index (χ2v) is 7.27. The number of rotatable bonds is 8. The van der Waals surface area contributed by atoms with Crippen LogP contribution in [0.3, 0.4) is 0 Å². The van der Waals surface area contributed by atoms with Gasteiger partial charge in [-0.15, -0.1) is 11.8 Å². The molecule has 0 saturated carbocycles. The highest BCUT2D eigenvalue weighted by Crippen LogP contribution is 2.34. The first-order valence-corrected chi connectivity index (χ1v) is 10.1. The molecule has 2 aromatic carbocycles. The van der Waals surface area contributed by atoms with Gasteiger partial charge in [0.15, 0.2) is 11.5 Å². The minimum absolute atomic E-state index is 0.0346. The zero-order valence-corrected chi connectivity index (χ0v) is 16.6. The molecule has 1 aliphatic rings. The lowest BCUT2D eigenvalue weighted by atomic mass is 10.2. The van der Waals surface area contributed by atoms with Crippen molar-refractivity contribution in [1.82, 2.24) is 4.90 Å². The van der Waals surface area contributed by atoms with E-state index in [4.69, 9.17) is 14.2 Å². The Bertz CT molecular complexity index is 812. The Morgan fingerprint density at radius 2 is 1.82 bits per heavy atom. The van der Waals surface area contributed by atoms with Crippen LogP contribution in [0.15, 0.2) is 53.4 Å². The van der Waals surface area contributed by atoms with Crippen LogP contribution in [0.4, 0.5) is 0 Å². The van der Waals surface area contributed by atoms with Crippen molar-refractivity contribution in [2.24, 2.45) is 0 Å². The summed E-state index contributed by atoms with van der Waals surface area (Å²) in [5, 5.41) is 0. The van der Waals surface area contributed by atoms with E-state index in [1.54, 1.807) is 4.90 Å². The molecule has 0 aliphatic carbocycles. The molecule has 1 heterocycles. The Morgan fingerprint density at radius 3 is 2.57 bits per heavy atom. The molecule has 0 unspecified atom stereocenters. The van der Waals surface area contributed by atoms with Crippen LogP contribution in [0.1, 0.15) is 12.0 Å². The number of esters is 1. The Labute approximate surface area is 168 Å². The Balaban J connectivity index is 1.62. The number of methoxy groups -OCH3 is 1. The second kappa shape index (κ2) is 10.0. The molecule has 0 saturated heterocycles. The van der Waals surface area contributed by atoms with Crippen LogP contribution >= 0.6 is 11.8 Å². The molecule has 0 fully saturated rings. The number of carbonyl (C=O) groups is 2. The molecule has 148 valence electrons. The average Bonchev–Trinajstić information content (AvgIpc) is 2.75. The molecule has 0 atom stereocenters. The first-order valence-electron chi connectivity index (χ1n) is 9.06. The van der Waals surface area contributed by atoms with Crippen molar-refractivity contribution in [3.05, 3.63) is 54.1 Å². The van der Waals surface area contributed by atoms with E-state index in [1.165, 1.54) is 18.9 Å². The van der Waals surface area contributed by atoms with Crippen LogP contribution < -0.4 is 9.47 Å². The molecule has 2 aromatic rings. The number of ether oxygens (including phenoxy) is 3. The fourth-order valence-corrected chi connectivity index (χ4v) is 3.60. The standard InChI is InChI=1S/C21H23NO5S/c1-25-21(24)9-10-22(14-16-5-3-2-4-6-16)20(23)15-28-17-7-8-18-19(13-17)27-12-11-26-18/h2-8,13H,9-12,14-15H2,1H3. The van der Waals surface area contributed by atoms with E-state index in [2.05, 4.69) is 0 Å². The second-order valence-electron chi connectivity index (χ2n) is 6.22. The predicted octanol–water partition coefficient (Wildman–Crippen LogP) is 3.14. The third-order valence-electron chi connectivity index (χ3n) is 4.26. The average molecular weight is 401 g/mol. The molecule has 3 rings (SSSR count). The smallest absolute Gasteiger partial charge is 0.307 e. The zero-order chi connectivity index (χ0) is 19.8. The van der Waals surface area contributed by atoms with Gasteiger partial charge in [0.25, 0.3) is 0 Å². The molecule has 1 aliphatic heterocycles. The summed E-state index contributed by atoms with van der Waals surface area (Å²) in [6, 6.07) is 15.4. The summed E-state index contributed by atoms with van der Waals surface area (Å²) in [6.45, 7) is 1.85. The third-order valence-corrected chi connectivity index (χ3v) is 5.24. The summed E-state index contributed by atoms with van der Waals surface area (Å²) < 4.78 is 15.8. The van der Waals surface area contributed by atoms with E-state index in [0.29, 0.717) is 32.1 Å². The van der Waals surface area contributed by atoms with Gasteiger partial charge >= 0.3 is 5.97 Å². The van der Waals surface area contributed by atoms with Gasteiger partial charge in [0.1, 0.15) is 13.2 Å². The first kappa shape index (κ1) is 20.1. The minimum atomic E-state index is -0.328. The van der Waals surface area contributed by atoms with Crippen molar-refractivity contribution in [2.75, 3.05) is 32.6 Å². The van der Waals surface area contributed by atoms with Gasteiger partial charge in [-0.05, 0) is 23.8 Å². The Kier molecular flexibility index (Phi) is 7.19. The number of hydrogen-bond acceptors (Lipinski definition) is 6. The first-order chi connectivity index (χ1) is 13.7. The van der Waals surface area contributed by atoms with Gasteiger partial charge < -0.3 is 19.1 Å². The molecular weight excluding hydrogens is 378 g/mol. The van der Waals surface area contributed by atoms with Crippen molar-refractivity contribution in [1.29, 1.82) is 0 Å². The fourth-order valence-electron chi connectivity index (χ4n) is 2.77. The zero-order valence-electron chi connectivity index (χ0n) is 15.8. The molecule has 7 heteroatoms. The number of thioether (sulfide) groups is 1. The largest absolute Gasteiger partial charge is 0.486 e. The maximum atomic E-state index is 12.8. The molecule has 1 amide bonds. The summed E-state index contributed by atoms with van der Waals surface area (Å²) in [5.41, 5.74) is 1.02. The third kappa shape index (κ3) is 5.66. The van der Waals surface area contributed by atoms with Crippen molar-refractivity contribution in [2.45, 2.75) is 17.9 Å². The van der Waals surface area contributed by atoms with Crippen LogP contribution in [-0.2, 0) is 20.9 Å². The van der Waals surface area contributed by atoms with E-state index in [0.717, 1.165) is 16.2 Å². The predicted molar refractivity (Wildman–Crippen MR) is 107 cm³/mol. The quantitative estimate of drug-likeness (QED) is 0.500. The number of benzene rings is 2. The Morgan fingerprint density at radius 1 is 1.07 bits per heavy atom. The van der Waals surface area contributed by atoms with Gasteiger partial charge in [-0.25, -0.2) is 0 Å². The minimum Gasteiger partial charge on any atom is -0.486 e. The molecule has 0 spiro atoms. The summed E-state index contributed by atoms with van der Waals surface area (Å²) >= 11 is 1.44. The van der Waals surface area contributed by atoms with Crippen LogP contribution in [0.2, 0.25) is 0 Å². The molecule has 28 heavy (non-hydrogen) atoms. The van der Waals surface area contributed by atoms with Gasteiger partial charge in [0.2, 0.25) is 5.91 Å². The SMILES string of the molecule is COC(=O)CCN(Cc1ccccc1)C(=O)CSc1ccc2c(c1)OCCO2. The van der Waals surface area contributed by atoms with E-state index >= 15 is 0 Å².